The predicted molar refractivity (Wildman–Crippen MR) is 123 cm³/mol. The van der Waals surface area contributed by atoms with Gasteiger partial charge in [0, 0.05) is 49.4 Å². The van der Waals surface area contributed by atoms with E-state index in [1.807, 2.05) is 36.4 Å². The molecule has 4 aromatic rings. The van der Waals surface area contributed by atoms with Gasteiger partial charge < -0.3 is 15.7 Å². The monoisotopic (exact) mass is 425 g/mol. The molecule has 0 aliphatic heterocycles. The standard InChI is InChI=1S/C25H23N5O2/c31-23-9-2-1-8-20(23)22-11-10-21(25(32)29-17-18-6-5-13-26-16-18)24(30-22)28-15-12-19-7-3-4-14-27-19/h1-11,13-14,16,31H,12,15,17H2,(H,28,30)(H,29,32). The molecule has 0 saturated heterocycles. The van der Waals surface area contributed by atoms with Crippen molar-refractivity contribution in [2.45, 2.75) is 13.0 Å². The quantitative estimate of drug-likeness (QED) is 0.397. The topological polar surface area (TPSA) is 100 Å². The van der Waals surface area contributed by atoms with Crippen LogP contribution < -0.4 is 10.6 Å². The summed E-state index contributed by atoms with van der Waals surface area (Å²) in [5.74, 6) is 0.337. The lowest BCUT2D eigenvalue weighted by atomic mass is 10.1. The predicted octanol–water partition coefficient (Wildman–Crippen LogP) is 3.83. The lowest BCUT2D eigenvalue weighted by molar-refractivity contribution is 0.0951. The second kappa shape index (κ2) is 10.2. The summed E-state index contributed by atoms with van der Waals surface area (Å²) in [6.45, 7) is 0.915. The number of nitrogens with zero attached hydrogens (tertiary/aromatic N) is 3. The van der Waals surface area contributed by atoms with Crippen LogP contribution in [0.2, 0.25) is 0 Å². The maximum atomic E-state index is 12.9. The molecule has 0 bridgehead atoms. The summed E-state index contributed by atoms with van der Waals surface area (Å²) in [6, 6.07) is 19.9. The van der Waals surface area contributed by atoms with Crippen molar-refractivity contribution in [1.82, 2.24) is 20.3 Å². The van der Waals surface area contributed by atoms with Gasteiger partial charge in [-0.3, -0.25) is 14.8 Å². The molecule has 1 aromatic carbocycles. The molecule has 3 N–H and O–H groups in total. The fraction of sp³-hybridized carbons (Fsp3) is 0.120. The van der Waals surface area contributed by atoms with Crippen LogP contribution in [-0.2, 0) is 13.0 Å². The van der Waals surface area contributed by atoms with Crippen LogP contribution in [-0.4, -0.2) is 32.5 Å². The lowest BCUT2D eigenvalue weighted by Crippen LogP contribution is -2.25. The summed E-state index contributed by atoms with van der Waals surface area (Å²) < 4.78 is 0. The Morgan fingerprint density at radius 2 is 1.81 bits per heavy atom. The van der Waals surface area contributed by atoms with E-state index in [0.29, 0.717) is 42.1 Å². The molecule has 1 amide bonds. The van der Waals surface area contributed by atoms with E-state index < -0.39 is 0 Å². The Morgan fingerprint density at radius 1 is 0.938 bits per heavy atom. The molecule has 0 atom stereocenters. The van der Waals surface area contributed by atoms with Crippen molar-refractivity contribution in [2.24, 2.45) is 0 Å². The minimum absolute atomic E-state index is 0.133. The third-order valence-electron chi connectivity index (χ3n) is 4.90. The summed E-state index contributed by atoms with van der Waals surface area (Å²) in [4.78, 5) is 26.0. The molecule has 3 aromatic heterocycles. The van der Waals surface area contributed by atoms with Gasteiger partial charge in [0.15, 0.2) is 0 Å². The Hall–Kier alpha value is -4.26. The number of amides is 1. The summed E-state index contributed by atoms with van der Waals surface area (Å²) in [6.07, 6.45) is 5.84. The Labute approximate surface area is 186 Å². The van der Waals surface area contributed by atoms with E-state index in [9.17, 15) is 9.90 Å². The number of phenolic OH excluding ortho intramolecular Hbond substituents is 1. The number of carbonyl (C=O) groups excluding carboxylic acids is 1. The van der Waals surface area contributed by atoms with E-state index in [-0.39, 0.29) is 11.7 Å². The first-order valence-corrected chi connectivity index (χ1v) is 10.3. The maximum Gasteiger partial charge on any atom is 0.255 e. The van der Waals surface area contributed by atoms with Gasteiger partial charge in [-0.05, 0) is 48.0 Å². The first-order chi connectivity index (χ1) is 15.7. The van der Waals surface area contributed by atoms with Crippen molar-refractivity contribution in [3.63, 3.8) is 0 Å². The van der Waals surface area contributed by atoms with Crippen LogP contribution in [0.25, 0.3) is 11.3 Å². The van der Waals surface area contributed by atoms with E-state index >= 15 is 0 Å². The molecule has 7 heteroatoms. The molecular formula is C25H23N5O2. The van der Waals surface area contributed by atoms with Crippen molar-refractivity contribution >= 4 is 11.7 Å². The number of hydrogen-bond acceptors (Lipinski definition) is 6. The molecule has 0 fully saturated rings. The molecule has 0 aliphatic rings. The number of aromatic hydroxyl groups is 1. The van der Waals surface area contributed by atoms with E-state index in [1.165, 1.54) is 0 Å². The fourth-order valence-corrected chi connectivity index (χ4v) is 3.25. The summed E-state index contributed by atoms with van der Waals surface area (Å²) in [5, 5.41) is 16.4. The number of para-hydroxylation sites is 1. The Balaban J connectivity index is 1.56. The van der Waals surface area contributed by atoms with Crippen LogP contribution in [0.3, 0.4) is 0 Å². The summed E-state index contributed by atoms with van der Waals surface area (Å²) >= 11 is 0. The van der Waals surface area contributed by atoms with Gasteiger partial charge in [-0.2, -0.15) is 0 Å². The largest absolute Gasteiger partial charge is 0.507 e. The molecule has 0 radical (unpaired) electrons. The van der Waals surface area contributed by atoms with Crippen molar-refractivity contribution in [3.05, 3.63) is 102 Å². The van der Waals surface area contributed by atoms with Gasteiger partial charge in [0.1, 0.15) is 11.6 Å². The van der Waals surface area contributed by atoms with Gasteiger partial charge in [-0.25, -0.2) is 4.98 Å². The van der Waals surface area contributed by atoms with Gasteiger partial charge in [0.05, 0.1) is 11.3 Å². The van der Waals surface area contributed by atoms with E-state index in [1.54, 1.807) is 48.9 Å². The molecule has 7 nitrogen and oxygen atoms in total. The van der Waals surface area contributed by atoms with Crippen LogP contribution in [0.4, 0.5) is 5.82 Å². The lowest BCUT2D eigenvalue weighted by Gasteiger charge is -2.14. The van der Waals surface area contributed by atoms with Crippen LogP contribution >= 0.6 is 0 Å². The number of hydrogen-bond donors (Lipinski definition) is 3. The van der Waals surface area contributed by atoms with Gasteiger partial charge in [0.2, 0.25) is 0 Å². The number of phenols is 1. The Kier molecular flexibility index (Phi) is 6.67. The third-order valence-corrected chi connectivity index (χ3v) is 4.90. The van der Waals surface area contributed by atoms with Crippen molar-refractivity contribution < 1.29 is 9.90 Å². The zero-order chi connectivity index (χ0) is 22.2. The number of pyridine rings is 3. The van der Waals surface area contributed by atoms with Crippen LogP contribution in [0.15, 0.2) is 85.3 Å². The summed E-state index contributed by atoms with van der Waals surface area (Å²) in [5.41, 5.74) is 3.45. The normalized spacial score (nSPS) is 10.5. The number of rotatable bonds is 8. The highest BCUT2D eigenvalue weighted by atomic mass is 16.3. The minimum Gasteiger partial charge on any atom is -0.507 e. The smallest absolute Gasteiger partial charge is 0.255 e. The van der Waals surface area contributed by atoms with Crippen LogP contribution in [0, 0.1) is 0 Å². The maximum absolute atomic E-state index is 12.9. The third kappa shape index (κ3) is 5.26. The average Bonchev–Trinajstić information content (AvgIpc) is 2.84. The van der Waals surface area contributed by atoms with Crippen LogP contribution in [0.5, 0.6) is 5.75 Å². The van der Waals surface area contributed by atoms with Gasteiger partial charge in [0.25, 0.3) is 5.91 Å². The molecule has 4 rings (SSSR count). The zero-order valence-electron chi connectivity index (χ0n) is 17.4. The van der Waals surface area contributed by atoms with E-state index in [0.717, 1.165) is 11.3 Å². The van der Waals surface area contributed by atoms with E-state index in [2.05, 4.69) is 25.6 Å². The van der Waals surface area contributed by atoms with Crippen LogP contribution in [0.1, 0.15) is 21.6 Å². The molecule has 32 heavy (non-hydrogen) atoms. The van der Waals surface area contributed by atoms with Gasteiger partial charge in [-0.15, -0.1) is 0 Å². The minimum atomic E-state index is -0.245. The number of benzene rings is 1. The first-order valence-electron chi connectivity index (χ1n) is 10.3. The first kappa shape index (κ1) is 21.0. The highest BCUT2D eigenvalue weighted by molar-refractivity contribution is 5.99. The Morgan fingerprint density at radius 3 is 2.59 bits per heavy atom. The second-order valence-corrected chi connectivity index (χ2v) is 7.15. The van der Waals surface area contributed by atoms with Gasteiger partial charge in [-0.1, -0.05) is 24.3 Å². The number of nitrogens with one attached hydrogen (secondary N) is 2. The van der Waals surface area contributed by atoms with Crippen molar-refractivity contribution in [2.75, 3.05) is 11.9 Å². The average molecular weight is 425 g/mol. The molecule has 0 aliphatic carbocycles. The number of anilines is 1. The second-order valence-electron chi connectivity index (χ2n) is 7.15. The molecule has 3 heterocycles. The van der Waals surface area contributed by atoms with Crippen molar-refractivity contribution in [3.8, 4) is 17.0 Å². The fourth-order valence-electron chi connectivity index (χ4n) is 3.25. The SMILES string of the molecule is O=C(NCc1cccnc1)c1ccc(-c2ccccc2O)nc1NCCc1ccccn1. The summed E-state index contributed by atoms with van der Waals surface area (Å²) in [7, 11) is 0. The molecule has 0 saturated carbocycles. The molecule has 160 valence electrons. The molecular weight excluding hydrogens is 402 g/mol. The highest BCUT2D eigenvalue weighted by Crippen LogP contribution is 2.29. The number of carbonyl (C=O) groups is 1. The molecule has 0 spiro atoms. The van der Waals surface area contributed by atoms with Gasteiger partial charge >= 0.3 is 0 Å². The highest BCUT2D eigenvalue weighted by Gasteiger charge is 2.15. The van der Waals surface area contributed by atoms with Crippen molar-refractivity contribution in [1.29, 1.82) is 0 Å². The Bertz CT molecular complexity index is 1180. The molecule has 0 unspecified atom stereocenters. The van der Waals surface area contributed by atoms with E-state index in [4.69, 9.17) is 0 Å². The zero-order valence-corrected chi connectivity index (χ0v) is 17.4. The number of aromatic nitrogens is 3.